The van der Waals surface area contributed by atoms with Crippen LogP contribution < -0.4 is 4.90 Å². The highest BCUT2D eigenvalue weighted by Crippen LogP contribution is 2.20. The zero-order chi connectivity index (χ0) is 15.6. The van der Waals surface area contributed by atoms with E-state index in [-0.39, 0.29) is 17.4 Å². The fraction of sp³-hybridized carbons (Fsp3) is 0.643. The molecule has 0 N–H and O–H groups in total. The summed E-state index contributed by atoms with van der Waals surface area (Å²) in [6.45, 7) is 9.53. The van der Waals surface area contributed by atoms with Gasteiger partial charge in [0.05, 0.1) is 0 Å². The minimum Gasteiger partial charge on any atom is -0.444 e. The number of carbonyl (C=O) groups excluding carboxylic acids is 1. The highest BCUT2D eigenvalue weighted by atomic mass is 35.5. The number of ether oxygens (including phenoxy) is 1. The molecule has 1 amide bonds. The molecule has 0 radical (unpaired) electrons. The second-order valence-corrected chi connectivity index (χ2v) is 6.49. The molecule has 1 fully saturated rings. The Hall–Kier alpha value is -1.56. The predicted molar refractivity (Wildman–Crippen MR) is 81.7 cm³/mol. The van der Waals surface area contributed by atoms with Gasteiger partial charge in [-0.25, -0.2) is 14.8 Å². The first kappa shape index (κ1) is 15.8. The van der Waals surface area contributed by atoms with Crippen LogP contribution in [0.1, 0.15) is 27.7 Å². The van der Waals surface area contributed by atoms with Crippen molar-refractivity contribution in [1.82, 2.24) is 14.9 Å². The maximum absolute atomic E-state index is 12.1. The summed E-state index contributed by atoms with van der Waals surface area (Å²) in [6.07, 6.45) is 1.37. The van der Waals surface area contributed by atoms with E-state index in [0.29, 0.717) is 19.6 Å². The molecule has 21 heavy (non-hydrogen) atoms. The molecule has 0 saturated carbocycles. The van der Waals surface area contributed by atoms with Crippen molar-refractivity contribution in [2.75, 3.05) is 24.5 Å². The molecular formula is C14H21ClN4O2. The van der Waals surface area contributed by atoms with Crippen LogP contribution in [-0.2, 0) is 4.74 Å². The van der Waals surface area contributed by atoms with E-state index in [9.17, 15) is 4.79 Å². The van der Waals surface area contributed by atoms with Crippen molar-refractivity contribution >= 4 is 23.5 Å². The second-order valence-electron chi connectivity index (χ2n) is 6.15. The molecular weight excluding hydrogens is 292 g/mol. The standard InChI is InChI=1S/C14H21ClN4O2/c1-10-9-18(13(20)21-14(2,3)4)7-8-19(10)11-5-6-16-12(15)17-11/h5-6,10H,7-9H2,1-4H3/t10-/m1/s1. The van der Waals surface area contributed by atoms with Gasteiger partial charge in [0, 0.05) is 31.9 Å². The van der Waals surface area contributed by atoms with E-state index in [0.717, 1.165) is 5.82 Å². The molecule has 2 heterocycles. The summed E-state index contributed by atoms with van der Waals surface area (Å²) >= 11 is 5.83. The molecule has 1 aliphatic heterocycles. The van der Waals surface area contributed by atoms with E-state index < -0.39 is 5.60 Å². The Bertz CT molecular complexity index is 518. The molecule has 1 aromatic heterocycles. The Morgan fingerprint density at radius 1 is 1.43 bits per heavy atom. The first-order chi connectivity index (χ1) is 9.76. The van der Waals surface area contributed by atoms with E-state index in [4.69, 9.17) is 16.3 Å². The average molecular weight is 313 g/mol. The maximum Gasteiger partial charge on any atom is 0.410 e. The summed E-state index contributed by atoms with van der Waals surface area (Å²) < 4.78 is 5.41. The smallest absolute Gasteiger partial charge is 0.410 e. The van der Waals surface area contributed by atoms with Gasteiger partial charge in [-0.05, 0) is 45.4 Å². The first-order valence-corrected chi connectivity index (χ1v) is 7.37. The molecule has 0 aliphatic carbocycles. The minimum absolute atomic E-state index is 0.136. The second kappa shape index (κ2) is 6.05. The number of piperazine rings is 1. The van der Waals surface area contributed by atoms with Gasteiger partial charge in [0.15, 0.2) is 0 Å². The van der Waals surface area contributed by atoms with E-state index in [1.807, 2.05) is 33.8 Å². The molecule has 0 bridgehead atoms. The third-order valence-electron chi connectivity index (χ3n) is 3.18. The van der Waals surface area contributed by atoms with Crippen LogP contribution >= 0.6 is 11.6 Å². The van der Waals surface area contributed by atoms with E-state index in [2.05, 4.69) is 14.9 Å². The van der Waals surface area contributed by atoms with Gasteiger partial charge in [0.2, 0.25) is 5.28 Å². The lowest BCUT2D eigenvalue weighted by Gasteiger charge is -2.40. The molecule has 0 spiro atoms. The van der Waals surface area contributed by atoms with Gasteiger partial charge < -0.3 is 14.5 Å². The van der Waals surface area contributed by atoms with Gasteiger partial charge >= 0.3 is 6.09 Å². The Morgan fingerprint density at radius 2 is 2.14 bits per heavy atom. The van der Waals surface area contributed by atoms with E-state index in [1.165, 1.54) is 0 Å². The fourth-order valence-electron chi connectivity index (χ4n) is 2.28. The van der Waals surface area contributed by atoms with Crippen molar-refractivity contribution in [2.45, 2.75) is 39.3 Å². The van der Waals surface area contributed by atoms with Crippen LogP contribution in [0.3, 0.4) is 0 Å². The Morgan fingerprint density at radius 3 is 2.71 bits per heavy atom. The molecule has 0 aromatic carbocycles. The van der Waals surface area contributed by atoms with Gasteiger partial charge in [0.25, 0.3) is 0 Å². The van der Waals surface area contributed by atoms with Gasteiger partial charge in [-0.3, -0.25) is 0 Å². The Labute approximate surface area is 130 Å². The SMILES string of the molecule is C[C@@H]1CN(C(=O)OC(C)(C)C)CCN1c1ccnc(Cl)n1. The normalized spacial score (nSPS) is 19.6. The molecule has 7 heteroatoms. The topological polar surface area (TPSA) is 58.6 Å². The largest absolute Gasteiger partial charge is 0.444 e. The third-order valence-corrected chi connectivity index (χ3v) is 3.37. The summed E-state index contributed by atoms with van der Waals surface area (Å²) in [4.78, 5) is 24.1. The summed E-state index contributed by atoms with van der Waals surface area (Å²) in [5.41, 5.74) is -0.475. The zero-order valence-electron chi connectivity index (χ0n) is 12.8. The Balaban J connectivity index is 2.01. The van der Waals surface area contributed by atoms with E-state index >= 15 is 0 Å². The van der Waals surface area contributed by atoms with Crippen LogP contribution in [0.2, 0.25) is 5.28 Å². The van der Waals surface area contributed by atoms with Gasteiger partial charge in [-0.15, -0.1) is 0 Å². The lowest BCUT2D eigenvalue weighted by molar-refractivity contribution is 0.0218. The number of hydrogen-bond donors (Lipinski definition) is 0. The van der Waals surface area contributed by atoms with Crippen molar-refractivity contribution in [3.05, 3.63) is 17.5 Å². The van der Waals surface area contributed by atoms with Crippen LogP contribution in [0, 0.1) is 0 Å². The number of nitrogens with zero attached hydrogens (tertiary/aromatic N) is 4. The third kappa shape index (κ3) is 4.20. The van der Waals surface area contributed by atoms with Crippen molar-refractivity contribution in [3.8, 4) is 0 Å². The lowest BCUT2D eigenvalue weighted by Crippen LogP contribution is -2.54. The zero-order valence-corrected chi connectivity index (χ0v) is 13.6. The lowest BCUT2D eigenvalue weighted by atomic mass is 10.2. The predicted octanol–water partition coefficient (Wildman–Crippen LogP) is 2.58. The molecule has 2 rings (SSSR count). The number of amides is 1. The number of carbonyl (C=O) groups is 1. The van der Waals surface area contributed by atoms with Crippen LogP contribution in [0.4, 0.5) is 10.6 Å². The van der Waals surface area contributed by atoms with Crippen molar-refractivity contribution < 1.29 is 9.53 Å². The van der Waals surface area contributed by atoms with E-state index in [1.54, 1.807) is 11.1 Å². The average Bonchev–Trinajstić information content (AvgIpc) is 2.36. The molecule has 1 atom stereocenters. The summed E-state index contributed by atoms with van der Waals surface area (Å²) in [7, 11) is 0. The minimum atomic E-state index is -0.475. The summed E-state index contributed by atoms with van der Waals surface area (Å²) in [5.74, 6) is 0.784. The van der Waals surface area contributed by atoms with Crippen LogP contribution in [-0.4, -0.2) is 52.2 Å². The van der Waals surface area contributed by atoms with Crippen molar-refractivity contribution in [3.63, 3.8) is 0 Å². The molecule has 1 aromatic rings. The van der Waals surface area contributed by atoms with Gasteiger partial charge in [-0.1, -0.05) is 0 Å². The number of hydrogen-bond acceptors (Lipinski definition) is 5. The summed E-state index contributed by atoms with van der Waals surface area (Å²) in [6, 6.07) is 1.96. The van der Waals surface area contributed by atoms with Crippen LogP contribution in [0.15, 0.2) is 12.3 Å². The molecule has 1 aliphatic rings. The monoisotopic (exact) mass is 312 g/mol. The summed E-state index contributed by atoms with van der Waals surface area (Å²) in [5, 5.41) is 0.231. The highest BCUT2D eigenvalue weighted by molar-refractivity contribution is 6.28. The molecule has 116 valence electrons. The molecule has 6 nitrogen and oxygen atoms in total. The van der Waals surface area contributed by atoms with Crippen LogP contribution in [0.5, 0.6) is 0 Å². The Kier molecular flexibility index (Phi) is 4.56. The van der Waals surface area contributed by atoms with Crippen molar-refractivity contribution in [1.29, 1.82) is 0 Å². The van der Waals surface area contributed by atoms with Crippen molar-refractivity contribution in [2.24, 2.45) is 0 Å². The molecule has 1 saturated heterocycles. The van der Waals surface area contributed by atoms with Crippen LogP contribution in [0.25, 0.3) is 0 Å². The molecule has 0 unspecified atom stereocenters. The fourth-order valence-corrected chi connectivity index (χ4v) is 2.42. The first-order valence-electron chi connectivity index (χ1n) is 6.99. The highest BCUT2D eigenvalue weighted by Gasteiger charge is 2.30. The number of halogens is 1. The number of anilines is 1. The number of rotatable bonds is 1. The van der Waals surface area contributed by atoms with Gasteiger partial charge in [-0.2, -0.15) is 0 Å². The maximum atomic E-state index is 12.1. The number of aromatic nitrogens is 2. The quantitative estimate of drug-likeness (QED) is 0.746. The van der Waals surface area contributed by atoms with Gasteiger partial charge in [0.1, 0.15) is 11.4 Å².